The number of nitriles is 1. The van der Waals surface area contributed by atoms with Gasteiger partial charge in [0.05, 0.1) is 5.56 Å². The minimum absolute atomic E-state index is 0.374. The lowest BCUT2D eigenvalue weighted by Gasteiger charge is -2.29. The number of nitrogen functional groups attached to an aromatic ring is 1. The van der Waals surface area contributed by atoms with Crippen molar-refractivity contribution >= 4 is 16.3 Å². The molecule has 1 heterocycles. The van der Waals surface area contributed by atoms with Gasteiger partial charge in [-0.05, 0) is 25.7 Å². The smallest absolute Gasteiger partial charge is 0.138 e. The average Bonchev–Trinajstić information content (AvgIpc) is 2.55. The SMILES string of the molecule is CCC1(F)CCCc2sc(N)c(C#N)c21. The van der Waals surface area contributed by atoms with Crippen LogP contribution in [-0.2, 0) is 12.1 Å². The van der Waals surface area contributed by atoms with Crippen molar-refractivity contribution in [2.75, 3.05) is 5.73 Å². The van der Waals surface area contributed by atoms with Crippen LogP contribution in [0.4, 0.5) is 9.39 Å². The first-order valence-electron chi connectivity index (χ1n) is 5.13. The zero-order valence-electron chi connectivity index (χ0n) is 8.64. The van der Waals surface area contributed by atoms with Crippen molar-refractivity contribution in [3.05, 3.63) is 16.0 Å². The van der Waals surface area contributed by atoms with Crippen LogP contribution in [0.15, 0.2) is 0 Å². The Morgan fingerprint density at radius 1 is 1.67 bits per heavy atom. The molecular weight excluding hydrogens is 211 g/mol. The molecule has 1 unspecified atom stereocenters. The number of rotatable bonds is 1. The van der Waals surface area contributed by atoms with Gasteiger partial charge in [-0.2, -0.15) is 5.26 Å². The summed E-state index contributed by atoms with van der Waals surface area (Å²) in [5.41, 5.74) is 5.37. The molecule has 0 amide bonds. The van der Waals surface area contributed by atoms with E-state index in [0.717, 1.165) is 17.7 Å². The molecule has 1 aromatic rings. The molecule has 4 heteroatoms. The second-order valence-electron chi connectivity index (χ2n) is 3.92. The van der Waals surface area contributed by atoms with Crippen molar-refractivity contribution in [3.63, 3.8) is 0 Å². The summed E-state index contributed by atoms with van der Waals surface area (Å²) >= 11 is 1.37. The second-order valence-corrected chi connectivity index (χ2v) is 5.06. The van der Waals surface area contributed by atoms with Gasteiger partial charge in [0, 0.05) is 10.4 Å². The Hall–Kier alpha value is -1.08. The van der Waals surface area contributed by atoms with E-state index in [2.05, 4.69) is 0 Å². The van der Waals surface area contributed by atoms with Gasteiger partial charge in [-0.1, -0.05) is 6.92 Å². The van der Waals surface area contributed by atoms with Gasteiger partial charge in [-0.25, -0.2) is 4.39 Å². The van der Waals surface area contributed by atoms with E-state index < -0.39 is 5.67 Å². The van der Waals surface area contributed by atoms with E-state index >= 15 is 0 Å². The highest BCUT2D eigenvalue weighted by Crippen LogP contribution is 2.47. The van der Waals surface area contributed by atoms with Crippen molar-refractivity contribution in [3.8, 4) is 6.07 Å². The van der Waals surface area contributed by atoms with Gasteiger partial charge in [0.1, 0.15) is 16.7 Å². The number of hydrogen-bond acceptors (Lipinski definition) is 3. The summed E-state index contributed by atoms with van der Waals surface area (Å²) in [4.78, 5) is 0.972. The molecule has 1 aliphatic rings. The Morgan fingerprint density at radius 2 is 2.40 bits per heavy atom. The molecule has 1 aromatic heterocycles. The quantitative estimate of drug-likeness (QED) is 0.796. The van der Waals surface area contributed by atoms with Gasteiger partial charge in [-0.15, -0.1) is 11.3 Å². The average molecular weight is 224 g/mol. The molecule has 2 rings (SSSR count). The standard InChI is InChI=1S/C11H13FN2S/c1-2-11(12)5-3-4-8-9(11)7(6-13)10(14)15-8/h2-5,14H2,1H3. The lowest BCUT2D eigenvalue weighted by atomic mass is 9.81. The van der Waals surface area contributed by atoms with E-state index in [4.69, 9.17) is 11.0 Å². The third-order valence-corrected chi connectivity index (χ3v) is 4.18. The summed E-state index contributed by atoms with van der Waals surface area (Å²) < 4.78 is 14.6. The Kier molecular flexibility index (Phi) is 2.43. The summed E-state index contributed by atoms with van der Waals surface area (Å²) in [5.74, 6) is 0. The van der Waals surface area contributed by atoms with Crippen LogP contribution in [0.2, 0.25) is 0 Å². The predicted molar refractivity (Wildman–Crippen MR) is 59.5 cm³/mol. The second kappa shape index (κ2) is 3.49. The number of aryl methyl sites for hydroxylation is 1. The minimum atomic E-state index is -1.33. The molecule has 2 N–H and O–H groups in total. The normalized spacial score (nSPS) is 24.6. The summed E-state index contributed by atoms with van der Waals surface area (Å²) in [7, 11) is 0. The Balaban J connectivity index is 2.65. The molecule has 2 nitrogen and oxygen atoms in total. The van der Waals surface area contributed by atoms with Gasteiger partial charge in [0.25, 0.3) is 0 Å². The summed E-state index contributed by atoms with van der Waals surface area (Å²) in [6.45, 7) is 1.82. The van der Waals surface area contributed by atoms with E-state index in [1.807, 2.05) is 13.0 Å². The zero-order chi connectivity index (χ0) is 11.1. The Labute approximate surface area is 92.5 Å². The molecule has 0 bridgehead atoms. The maximum atomic E-state index is 14.6. The molecule has 0 saturated heterocycles. The summed E-state index contributed by atoms with van der Waals surface area (Å²) in [6.07, 6.45) is 2.64. The number of fused-ring (bicyclic) bond motifs is 1. The van der Waals surface area contributed by atoms with Crippen molar-refractivity contribution < 1.29 is 4.39 Å². The van der Waals surface area contributed by atoms with E-state index in [1.54, 1.807) is 0 Å². The molecule has 15 heavy (non-hydrogen) atoms. The van der Waals surface area contributed by atoms with E-state index in [1.165, 1.54) is 11.3 Å². The first-order valence-corrected chi connectivity index (χ1v) is 5.94. The molecule has 1 atom stereocenters. The van der Waals surface area contributed by atoms with E-state index in [0.29, 0.717) is 29.0 Å². The summed E-state index contributed by atoms with van der Waals surface area (Å²) in [5, 5.41) is 9.47. The molecular formula is C11H13FN2S. The number of nitrogens with two attached hydrogens (primary N) is 1. The van der Waals surface area contributed by atoms with Crippen LogP contribution in [-0.4, -0.2) is 0 Å². The van der Waals surface area contributed by atoms with Crippen molar-refractivity contribution in [1.82, 2.24) is 0 Å². The topological polar surface area (TPSA) is 49.8 Å². The lowest BCUT2D eigenvalue weighted by Crippen LogP contribution is -2.24. The van der Waals surface area contributed by atoms with Crippen LogP contribution in [0.5, 0.6) is 0 Å². The van der Waals surface area contributed by atoms with Gasteiger partial charge in [0.15, 0.2) is 0 Å². The third-order valence-electron chi connectivity index (χ3n) is 3.11. The number of hydrogen-bond donors (Lipinski definition) is 1. The zero-order valence-corrected chi connectivity index (χ0v) is 9.46. The van der Waals surface area contributed by atoms with Crippen LogP contribution in [0.3, 0.4) is 0 Å². The van der Waals surface area contributed by atoms with Crippen molar-refractivity contribution in [1.29, 1.82) is 5.26 Å². The van der Waals surface area contributed by atoms with Crippen LogP contribution in [0.25, 0.3) is 0 Å². The van der Waals surface area contributed by atoms with Crippen LogP contribution in [0.1, 0.15) is 42.2 Å². The first-order chi connectivity index (χ1) is 7.12. The number of anilines is 1. The summed E-state index contributed by atoms with van der Waals surface area (Å²) in [6, 6.07) is 2.04. The molecule has 80 valence electrons. The molecule has 0 saturated carbocycles. The number of alkyl halides is 1. The van der Waals surface area contributed by atoms with Crippen LogP contribution < -0.4 is 5.73 Å². The van der Waals surface area contributed by atoms with E-state index in [9.17, 15) is 4.39 Å². The molecule has 0 spiro atoms. The lowest BCUT2D eigenvalue weighted by molar-refractivity contribution is 0.131. The fraction of sp³-hybridized carbons (Fsp3) is 0.545. The number of halogens is 1. The van der Waals surface area contributed by atoms with Gasteiger partial charge in [-0.3, -0.25) is 0 Å². The number of nitrogens with zero attached hydrogens (tertiary/aromatic N) is 1. The maximum Gasteiger partial charge on any atom is 0.138 e. The highest BCUT2D eigenvalue weighted by molar-refractivity contribution is 7.16. The van der Waals surface area contributed by atoms with Gasteiger partial charge < -0.3 is 5.73 Å². The largest absolute Gasteiger partial charge is 0.389 e. The molecule has 1 aliphatic carbocycles. The highest BCUT2D eigenvalue weighted by atomic mass is 32.1. The first kappa shape index (κ1) is 10.4. The maximum absolute atomic E-state index is 14.6. The molecule has 0 aliphatic heterocycles. The van der Waals surface area contributed by atoms with Crippen molar-refractivity contribution in [2.24, 2.45) is 0 Å². The fourth-order valence-corrected chi connectivity index (χ4v) is 3.41. The van der Waals surface area contributed by atoms with Crippen molar-refractivity contribution in [2.45, 2.75) is 38.3 Å². The van der Waals surface area contributed by atoms with Gasteiger partial charge in [0.2, 0.25) is 0 Å². The number of thiophene rings is 1. The molecule has 0 fully saturated rings. The van der Waals surface area contributed by atoms with Crippen LogP contribution in [0, 0.1) is 11.3 Å². The Morgan fingerprint density at radius 3 is 3.00 bits per heavy atom. The molecule has 0 radical (unpaired) electrons. The minimum Gasteiger partial charge on any atom is -0.389 e. The monoisotopic (exact) mass is 224 g/mol. The highest BCUT2D eigenvalue weighted by Gasteiger charge is 2.39. The Bertz CT molecular complexity index is 433. The third kappa shape index (κ3) is 1.42. The van der Waals surface area contributed by atoms with Gasteiger partial charge >= 0.3 is 0 Å². The predicted octanol–water partition coefficient (Wildman–Crippen LogP) is 3.11. The van der Waals surface area contributed by atoms with Crippen LogP contribution >= 0.6 is 11.3 Å². The fourth-order valence-electron chi connectivity index (χ4n) is 2.27. The van der Waals surface area contributed by atoms with E-state index in [-0.39, 0.29) is 0 Å². The molecule has 0 aromatic carbocycles.